The summed E-state index contributed by atoms with van der Waals surface area (Å²) in [4.78, 5) is 1.02. The molecule has 1 aromatic rings. The van der Waals surface area contributed by atoms with Crippen molar-refractivity contribution in [2.24, 2.45) is 0 Å². The molecule has 0 bridgehead atoms. The number of anilines is 1. The summed E-state index contributed by atoms with van der Waals surface area (Å²) in [6.45, 7) is -0.612. The van der Waals surface area contributed by atoms with E-state index in [0.717, 1.165) is 4.90 Å². The van der Waals surface area contributed by atoms with Crippen molar-refractivity contribution in [3.8, 4) is 0 Å². The first kappa shape index (κ1) is 13.1. The molecular formula is C11H10F5NO. The van der Waals surface area contributed by atoms with E-state index in [2.05, 4.69) is 0 Å². The van der Waals surface area contributed by atoms with Gasteiger partial charge in [-0.1, -0.05) is 0 Å². The molecule has 1 aromatic carbocycles. The number of hydrogen-bond acceptors (Lipinski definition) is 2. The monoisotopic (exact) mass is 267 g/mol. The van der Waals surface area contributed by atoms with Crippen molar-refractivity contribution in [2.45, 2.75) is 18.9 Å². The summed E-state index contributed by atoms with van der Waals surface area (Å²) in [6, 6.07) is -0.287. The van der Waals surface area contributed by atoms with E-state index in [1.807, 2.05) is 0 Å². The average Bonchev–Trinajstić information content (AvgIpc) is 3.17. The highest BCUT2D eigenvalue weighted by Crippen LogP contribution is 2.37. The molecule has 0 unspecified atom stereocenters. The third kappa shape index (κ3) is 2.03. The molecule has 0 amide bonds. The van der Waals surface area contributed by atoms with Crippen LogP contribution in [0, 0.1) is 29.1 Å². The molecule has 0 radical (unpaired) electrons. The van der Waals surface area contributed by atoms with E-state index in [9.17, 15) is 22.0 Å². The van der Waals surface area contributed by atoms with Gasteiger partial charge >= 0.3 is 0 Å². The zero-order valence-electron chi connectivity index (χ0n) is 9.19. The van der Waals surface area contributed by atoms with Crippen LogP contribution in [0.15, 0.2) is 0 Å². The quantitative estimate of drug-likeness (QED) is 0.514. The van der Waals surface area contributed by atoms with Crippen LogP contribution in [-0.4, -0.2) is 24.3 Å². The van der Waals surface area contributed by atoms with Gasteiger partial charge in [-0.05, 0) is 12.8 Å². The Morgan fingerprint density at radius 2 is 1.33 bits per heavy atom. The van der Waals surface area contributed by atoms with Gasteiger partial charge in [-0.2, -0.15) is 0 Å². The second kappa shape index (κ2) is 4.72. The fraction of sp³-hybridized carbons (Fsp3) is 0.455. The Labute approximate surface area is 99.6 Å². The minimum Gasteiger partial charge on any atom is -0.395 e. The van der Waals surface area contributed by atoms with Crippen LogP contribution in [-0.2, 0) is 0 Å². The van der Waals surface area contributed by atoms with Gasteiger partial charge < -0.3 is 10.0 Å². The third-order valence-corrected chi connectivity index (χ3v) is 2.80. The van der Waals surface area contributed by atoms with E-state index in [-0.39, 0.29) is 12.6 Å². The van der Waals surface area contributed by atoms with E-state index in [0.29, 0.717) is 12.8 Å². The van der Waals surface area contributed by atoms with Crippen LogP contribution in [0.2, 0.25) is 0 Å². The summed E-state index contributed by atoms with van der Waals surface area (Å²) in [5.41, 5.74) is -0.956. The molecule has 0 atom stereocenters. The lowest BCUT2D eigenvalue weighted by atomic mass is 10.2. The number of aliphatic hydroxyl groups excluding tert-OH is 1. The predicted molar refractivity (Wildman–Crippen MR) is 53.7 cm³/mol. The first-order chi connectivity index (χ1) is 8.49. The summed E-state index contributed by atoms with van der Waals surface area (Å²) < 4.78 is 66.0. The van der Waals surface area contributed by atoms with Gasteiger partial charge in [0, 0.05) is 12.6 Å². The van der Waals surface area contributed by atoms with Crippen molar-refractivity contribution in [3.63, 3.8) is 0 Å². The Morgan fingerprint density at radius 3 is 1.72 bits per heavy atom. The van der Waals surface area contributed by atoms with Gasteiger partial charge in [0.05, 0.1) is 6.61 Å². The number of benzene rings is 1. The number of rotatable bonds is 4. The SMILES string of the molecule is OCCN(c1c(F)c(F)c(F)c(F)c1F)C1CC1. The predicted octanol–water partition coefficient (Wildman–Crippen LogP) is 2.34. The maximum atomic E-state index is 13.5. The molecule has 2 rings (SSSR count). The summed E-state index contributed by atoms with van der Waals surface area (Å²) >= 11 is 0. The molecule has 18 heavy (non-hydrogen) atoms. The fourth-order valence-corrected chi connectivity index (χ4v) is 1.82. The lowest BCUT2D eigenvalue weighted by molar-refractivity contribution is 0.299. The van der Waals surface area contributed by atoms with Gasteiger partial charge in [0.15, 0.2) is 23.3 Å². The molecule has 1 aliphatic carbocycles. The molecule has 1 saturated carbocycles. The Bertz CT molecular complexity index is 446. The number of halogens is 5. The van der Waals surface area contributed by atoms with E-state index in [1.165, 1.54) is 0 Å². The summed E-state index contributed by atoms with van der Waals surface area (Å²) in [5.74, 6) is -9.81. The second-order valence-electron chi connectivity index (χ2n) is 4.07. The van der Waals surface area contributed by atoms with Gasteiger partial charge in [-0.3, -0.25) is 0 Å². The molecule has 0 aliphatic heterocycles. The Kier molecular flexibility index (Phi) is 3.43. The lowest BCUT2D eigenvalue weighted by Crippen LogP contribution is -2.31. The number of nitrogens with zero attached hydrogens (tertiary/aromatic N) is 1. The molecular weight excluding hydrogens is 257 g/mol. The van der Waals surface area contributed by atoms with Gasteiger partial charge in [0.25, 0.3) is 0 Å². The molecule has 0 spiro atoms. The lowest BCUT2D eigenvalue weighted by Gasteiger charge is -2.25. The highest BCUT2D eigenvalue weighted by atomic mass is 19.2. The van der Waals surface area contributed by atoms with Crippen LogP contribution in [0.1, 0.15) is 12.8 Å². The van der Waals surface area contributed by atoms with E-state index in [4.69, 9.17) is 5.11 Å². The maximum absolute atomic E-state index is 13.5. The Balaban J connectivity index is 2.54. The van der Waals surface area contributed by atoms with Gasteiger partial charge in [0.2, 0.25) is 5.82 Å². The average molecular weight is 267 g/mol. The third-order valence-electron chi connectivity index (χ3n) is 2.80. The summed E-state index contributed by atoms with van der Waals surface area (Å²) in [6.07, 6.45) is 1.19. The van der Waals surface area contributed by atoms with E-state index >= 15 is 0 Å². The van der Waals surface area contributed by atoms with Crippen molar-refractivity contribution < 1.29 is 27.1 Å². The number of aliphatic hydroxyl groups is 1. The van der Waals surface area contributed by atoms with Crippen LogP contribution in [0.5, 0.6) is 0 Å². The molecule has 0 aromatic heterocycles. The first-order valence-corrected chi connectivity index (χ1v) is 5.38. The normalized spacial score (nSPS) is 15.0. The second-order valence-corrected chi connectivity index (χ2v) is 4.07. The van der Waals surface area contributed by atoms with E-state index in [1.54, 1.807) is 0 Å². The number of hydrogen-bond donors (Lipinski definition) is 1. The smallest absolute Gasteiger partial charge is 0.200 e. The van der Waals surface area contributed by atoms with Crippen LogP contribution < -0.4 is 4.90 Å². The minimum atomic E-state index is -2.17. The molecule has 1 aliphatic rings. The first-order valence-electron chi connectivity index (χ1n) is 5.38. The fourth-order valence-electron chi connectivity index (χ4n) is 1.82. The Morgan fingerprint density at radius 1 is 0.889 bits per heavy atom. The molecule has 2 nitrogen and oxygen atoms in total. The van der Waals surface area contributed by atoms with Crippen LogP contribution in [0.3, 0.4) is 0 Å². The Hall–Kier alpha value is -1.37. The van der Waals surface area contributed by atoms with Gasteiger partial charge in [-0.15, -0.1) is 0 Å². The van der Waals surface area contributed by atoms with E-state index < -0.39 is 41.4 Å². The molecule has 1 N–H and O–H groups in total. The van der Waals surface area contributed by atoms with Crippen LogP contribution >= 0.6 is 0 Å². The van der Waals surface area contributed by atoms with Crippen LogP contribution in [0.25, 0.3) is 0 Å². The molecule has 0 heterocycles. The van der Waals surface area contributed by atoms with Crippen molar-refractivity contribution >= 4 is 5.69 Å². The summed E-state index contributed by atoms with van der Waals surface area (Å²) in [5, 5.41) is 8.80. The van der Waals surface area contributed by atoms with Crippen molar-refractivity contribution in [1.29, 1.82) is 0 Å². The largest absolute Gasteiger partial charge is 0.395 e. The molecule has 100 valence electrons. The minimum absolute atomic E-state index is 0.178. The zero-order chi connectivity index (χ0) is 13.4. The van der Waals surface area contributed by atoms with Gasteiger partial charge in [-0.25, -0.2) is 22.0 Å². The topological polar surface area (TPSA) is 23.5 Å². The van der Waals surface area contributed by atoms with Crippen molar-refractivity contribution in [2.75, 3.05) is 18.1 Å². The summed E-state index contributed by atoms with van der Waals surface area (Å²) in [7, 11) is 0. The van der Waals surface area contributed by atoms with Gasteiger partial charge in [0.1, 0.15) is 5.69 Å². The highest BCUT2D eigenvalue weighted by molar-refractivity contribution is 5.52. The highest BCUT2D eigenvalue weighted by Gasteiger charge is 2.36. The molecule has 1 fully saturated rings. The standard InChI is InChI=1S/C11H10F5NO/c12-6-7(13)9(15)11(10(16)8(6)14)17(3-4-18)5-1-2-5/h5,18H,1-4H2. The molecule has 7 heteroatoms. The maximum Gasteiger partial charge on any atom is 0.200 e. The van der Waals surface area contributed by atoms with Crippen LogP contribution in [0.4, 0.5) is 27.6 Å². The van der Waals surface area contributed by atoms with Crippen molar-refractivity contribution in [3.05, 3.63) is 29.1 Å². The van der Waals surface area contributed by atoms with Crippen molar-refractivity contribution in [1.82, 2.24) is 0 Å². The zero-order valence-corrected chi connectivity index (χ0v) is 9.19. The molecule has 0 saturated heterocycles.